The number of alkyl halides is 3. The largest absolute Gasteiger partial charge is 0.450 e. The Morgan fingerprint density at radius 2 is 1.69 bits per heavy atom. The molecule has 0 radical (unpaired) electrons. The van der Waals surface area contributed by atoms with Gasteiger partial charge in [-0.2, -0.15) is 18.2 Å². The highest BCUT2D eigenvalue weighted by Crippen LogP contribution is 2.35. The molecule has 9 nitrogen and oxygen atoms in total. The maximum atomic E-state index is 13.6. The zero-order chi connectivity index (χ0) is 25.7. The number of ether oxygens (including phenoxy) is 1. The zero-order valence-corrected chi connectivity index (χ0v) is 20.2. The quantitative estimate of drug-likeness (QED) is 0.536. The lowest BCUT2D eigenvalue weighted by atomic mass is 10.1. The number of rotatable bonds is 6. The fourth-order valence-corrected chi connectivity index (χ4v) is 4.39. The normalized spacial score (nSPS) is 17.2. The summed E-state index contributed by atoms with van der Waals surface area (Å²) < 4.78 is 51.4. The van der Waals surface area contributed by atoms with E-state index in [-0.39, 0.29) is 18.5 Å². The van der Waals surface area contributed by atoms with Crippen LogP contribution >= 0.6 is 0 Å². The molecule has 0 aromatic carbocycles. The molecular formula is C24H30F3N5O4. The third kappa shape index (κ3) is 6.08. The zero-order valence-electron chi connectivity index (χ0n) is 20.2. The summed E-state index contributed by atoms with van der Waals surface area (Å²) in [4.78, 5) is 38.0. The number of hydrogen-bond acceptors (Lipinski definition) is 8. The number of carbonyl (C=O) groups is 2. The van der Waals surface area contributed by atoms with Gasteiger partial charge >= 0.3 is 12.3 Å². The van der Waals surface area contributed by atoms with Gasteiger partial charge in [0.25, 0.3) is 6.01 Å². The summed E-state index contributed by atoms with van der Waals surface area (Å²) in [7, 11) is 0. The van der Waals surface area contributed by atoms with Gasteiger partial charge in [0.15, 0.2) is 5.69 Å². The number of ketones is 1. The van der Waals surface area contributed by atoms with E-state index in [1.54, 1.807) is 28.9 Å². The van der Waals surface area contributed by atoms with Crippen molar-refractivity contribution < 1.29 is 31.9 Å². The van der Waals surface area contributed by atoms with Crippen LogP contribution in [-0.4, -0.2) is 72.6 Å². The van der Waals surface area contributed by atoms with Crippen molar-refractivity contribution in [1.29, 1.82) is 0 Å². The molecule has 4 rings (SSSR count). The van der Waals surface area contributed by atoms with E-state index in [0.29, 0.717) is 57.3 Å². The molecule has 196 valence electrons. The summed E-state index contributed by atoms with van der Waals surface area (Å²) in [5.41, 5.74) is -0.814. The standard InChI is InChI=1S/C24H30F3N5O4/c1-2-35-23(34)32-13-11-30(12-14-32)19-8-7-17(16-28-19)15-18(33)20-21(24(25,26)27)29-22(36-20)31-9-5-3-4-6-10-31/h7-8,16H,2-6,9-15H2,1H3. The lowest BCUT2D eigenvalue weighted by molar-refractivity contribution is -0.141. The first-order chi connectivity index (χ1) is 17.3. The van der Waals surface area contributed by atoms with Crippen molar-refractivity contribution in [2.75, 3.05) is 55.7 Å². The van der Waals surface area contributed by atoms with E-state index in [2.05, 4.69) is 9.97 Å². The summed E-state index contributed by atoms with van der Waals surface area (Å²) in [6, 6.07) is 3.23. The van der Waals surface area contributed by atoms with Gasteiger partial charge in [0.05, 0.1) is 6.61 Å². The van der Waals surface area contributed by atoms with Crippen molar-refractivity contribution in [3.63, 3.8) is 0 Å². The second-order valence-corrected chi connectivity index (χ2v) is 8.87. The number of amides is 1. The topological polar surface area (TPSA) is 92.0 Å². The molecule has 0 N–H and O–H groups in total. The number of anilines is 2. The van der Waals surface area contributed by atoms with Crippen LogP contribution in [0.3, 0.4) is 0 Å². The molecule has 2 fully saturated rings. The van der Waals surface area contributed by atoms with Crippen molar-refractivity contribution >= 4 is 23.7 Å². The number of carbonyl (C=O) groups excluding carboxylic acids is 2. The molecule has 2 aliphatic heterocycles. The van der Waals surface area contributed by atoms with Crippen LogP contribution in [0.25, 0.3) is 0 Å². The van der Waals surface area contributed by atoms with Crippen LogP contribution in [0.5, 0.6) is 0 Å². The minimum absolute atomic E-state index is 0.150. The molecule has 2 aromatic heterocycles. The predicted molar refractivity (Wildman–Crippen MR) is 125 cm³/mol. The molecule has 0 bridgehead atoms. The molecule has 0 unspecified atom stereocenters. The number of Topliss-reactive ketones (excluding diaryl/α,β-unsaturated/α-hetero) is 1. The summed E-state index contributed by atoms with van der Waals surface area (Å²) in [6.07, 6.45) is -0.286. The number of piperazine rings is 1. The van der Waals surface area contributed by atoms with Crippen LogP contribution in [0.15, 0.2) is 22.7 Å². The molecule has 36 heavy (non-hydrogen) atoms. The van der Waals surface area contributed by atoms with Gasteiger partial charge in [-0.3, -0.25) is 4.79 Å². The summed E-state index contributed by atoms with van der Waals surface area (Å²) >= 11 is 0. The monoisotopic (exact) mass is 509 g/mol. The average Bonchev–Trinajstić information content (AvgIpc) is 3.15. The van der Waals surface area contributed by atoms with Crippen molar-refractivity contribution in [2.45, 2.75) is 45.2 Å². The average molecular weight is 510 g/mol. The van der Waals surface area contributed by atoms with Crippen LogP contribution in [-0.2, 0) is 17.3 Å². The molecule has 12 heteroatoms. The Kier molecular flexibility index (Phi) is 8.00. The highest BCUT2D eigenvalue weighted by molar-refractivity contribution is 5.96. The maximum absolute atomic E-state index is 13.6. The van der Waals surface area contributed by atoms with E-state index in [1.165, 1.54) is 6.20 Å². The minimum Gasteiger partial charge on any atom is -0.450 e. The Balaban J connectivity index is 1.42. The van der Waals surface area contributed by atoms with Gasteiger partial charge in [-0.25, -0.2) is 9.78 Å². The Morgan fingerprint density at radius 1 is 1.00 bits per heavy atom. The SMILES string of the molecule is CCOC(=O)N1CCN(c2ccc(CC(=O)c3oc(N4CCCCCC4)nc3C(F)(F)F)cn2)CC1. The molecule has 2 aromatic rings. The highest BCUT2D eigenvalue weighted by atomic mass is 19.4. The fourth-order valence-electron chi connectivity index (χ4n) is 4.39. The van der Waals surface area contributed by atoms with Gasteiger partial charge in [-0.15, -0.1) is 0 Å². The van der Waals surface area contributed by atoms with E-state index < -0.39 is 23.4 Å². The number of pyridine rings is 1. The van der Waals surface area contributed by atoms with Gasteiger partial charge in [0.1, 0.15) is 5.82 Å². The molecule has 1 amide bonds. The molecule has 2 aliphatic rings. The molecule has 4 heterocycles. The third-order valence-corrected chi connectivity index (χ3v) is 6.32. The molecule has 2 saturated heterocycles. The Morgan fingerprint density at radius 3 is 2.28 bits per heavy atom. The van der Waals surface area contributed by atoms with Gasteiger partial charge in [0, 0.05) is 51.9 Å². The summed E-state index contributed by atoms with van der Waals surface area (Å²) in [5, 5.41) is 0. The van der Waals surface area contributed by atoms with Crippen molar-refractivity contribution in [2.24, 2.45) is 0 Å². The minimum atomic E-state index is -4.80. The first-order valence-corrected chi connectivity index (χ1v) is 12.2. The first-order valence-electron chi connectivity index (χ1n) is 12.2. The number of oxazole rings is 1. The van der Waals surface area contributed by atoms with E-state index in [4.69, 9.17) is 9.15 Å². The molecule has 0 aliphatic carbocycles. The fraction of sp³-hybridized carbons (Fsp3) is 0.583. The number of aromatic nitrogens is 2. The van der Waals surface area contributed by atoms with Crippen molar-refractivity contribution in [1.82, 2.24) is 14.9 Å². The van der Waals surface area contributed by atoms with Crippen LogP contribution in [0.4, 0.5) is 29.8 Å². The second-order valence-electron chi connectivity index (χ2n) is 8.87. The molecule has 0 atom stereocenters. The second kappa shape index (κ2) is 11.2. The smallest absolute Gasteiger partial charge is 0.437 e. The van der Waals surface area contributed by atoms with E-state index in [1.807, 2.05) is 4.90 Å². The van der Waals surface area contributed by atoms with Gasteiger partial charge in [0.2, 0.25) is 11.5 Å². The van der Waals surface area contributed by atoms with E-state index in [0.717, 1.165) is 25.7 Å². The van der Waals surface area contributed by atoms with Crippen LogP contribution in [0.2, 0.25) is 0 Å². The van der Waals surface area contributed by atoms with Crippen LogP contribution in [0.1, 0.15) is 54.4 Å². The molecular weight excluding hydrogens is 479 g/mol. The first kappa shape index (κ1) is 25.8. The number of nitrogens with zero attached hydrogens (tertiary/aromatic N) is 5. The highest BCUT2D eigenvalue weighted by Gasteiger charge is 2.41. The van der Waals surface area contributed by atoms with Gasteiger partial charge in [-0.1, -0.05) is 18.9 Å². The predicted octanol–water partition coefficient (Wildman–Crippen LogP) is 4.17. The molecule has 0 spiro atoms. The van der Waals surface area contributed by atoms with Crippen LogP contribution < -0.4 is 9.80 Å². The summed E-state index contributed by atoms with van der Waals surface area (Å²) in [6.45, 7) is 5.28. The van der Waals surface area contributed by atoms with E-state index in [9.17, 15) is 22.8 Å². The molecule has 0 saturated carbocycles. The Labute approximate surface area is 207 Å². The maximum Gasteiger partial charge on any atom is 0.437 e. The summed E-state index contributed by atoms with van der Waals surface area (Å²) in [5.74, 6) is -0.900. The third-order valence-electron chi connectivity index (χ3n) is 6.32. The Hall–Kier alpha value is -3.31. The number of hydrogen-bond donors (Lipinski definition) is 0. The van der Waals surface area contributed by atoms with Gasteiger partial charge in [-0.05, 0) is 31.4 Å². The van der Waals surface area contributed by atoms with E-state index >= 15 is 0 Å². The van der Waals surface area contributed by atoms with Crippen molar-refractivity contribution in [3.05, 3.63) is 35.3 Å². The van der Waals surface area contributed by atoms with Crippen LogP contribution in [0, 0.1) is 0 Å². The number of halogens is 3. The van der Waals surface area contributed by atoms with Crippen molar-refractivity contribution in [3.8, 4) is 0 Å². The lowest BCUT2D eigenvalue weighted by Gasteiger charge is -2.34. The Bertz CT molecular complexity index is 1040. The van der Waals surface area contributed by atoms with Gasteiger partial charge < -0.3 is 23.9 Å². The lowest BCUT2D eigenvalue weighted by Crippen LogP contribution is -2.49.